The zero-order valence-electron chi connectivity index (χ0n) is 15.2. The van der Waals surface area contributed by atoms with E-state index in [9.17, 15) is 19.5 Å². The van der Waals surface area contributed by atoms with Crippen molar-refractivity contribution in [3.05, 3.63) is 28.8 Å². The van der Waals surface area contributed by atoms with Crippen molar-refractivity contribution in [1.82, 2.24) is 10.2 Å². The number of halogens is 1. The Kier molecular flexibility index (Phi) is 4.29. The number of nitrogens with one attached hydrogen (secondary N) is 2. The molecule has 1 aromatic carbocycles. The van der Waals surface area contributed by atoms with Crippen LogP contribution in [-0.4, -0.2) is 46.4 Å². The highest BCUT2D eigenvalue weighted by Gasteiger charge is 2.70. The predicted molar refractivity (Wildman–Crippen MR) is 99.0 cm³/mol. The normalized spacial score (nSPS) is 32.8. The molecule has 0 unspecified atom stereocenters. The Morgan fingerprint density at radius 3 is 2.70 bits per heavy atom. The van der Waals surface area contributed by atoms with Gasteiger partial charge in [0.05, 0.1) is 17.9 Å². The minimum Gasteiger partial charge on any atom is -0.392 e. The number of benzene rings is 1. The lowest BCUT2D eigenvalue weighted by molar-refractivity contribution is -0.143. The third-order valence-corrected chi connectivity index (χ3v) is 6.19. The number of fused-ring (bicyclic) bond motifs is 4. The summed E-state index contributed by atoms with van der Waals surface area (Å²) >= 11 is 6.16. The van der Waals surface area contributed by atoms with E-state index >= 15 is 0 Å². The lowest BCUT2D eigenvalue weighted by Crippen LogP contribution is -2.54. The number of amides is 3. The first kappa shape index (κ1) is 18.4. The SMILES string of the molecule is CCCCN1C(=O)[C@@H]2[C@@H]([C@@H](C)O)N[C@@]3(C(=O)Nc4ccc(Cl)cc43)[C@@H]2C1=O. The van der Waals surface area contributed by atoms with Crippen LogP contribution in [0.5, 0.6) is 0 Å². The molecule has 0 aliphatic carbocycles. The fourth-order valence-corrected chi connectivity index (χ4v) is 4.89. The number of anilines is 1. The van der Waals surface area contributed by atoms with E-state index in [0.717, 1.165) is 6.42 Å². The molecule has 2 fully saturated rings. The van der Waals surface area contributed by atoms with Gasteiger partial charge >= 0.3 is 0 Å². The molecule has 4 rings (SSSR count). The van der Waals surface area contributed by atoms with E-state index in [4.69, 9.17) is 11.6 Å². The van der Waals surface area contributed by atoms with Gasteiger partial charge in [0, 0.05) is 28.9 Å². The molecule has 1 spiro atoms. The summed E-state index contributed by atoms with van der Waals surface area (Å²) in [5, 5.41) is 16.7. The molecule has 3 amide bonds. The van der Waals surface area contributed by atoms with E-state index in [1.807, 2.05) is 6.92 Å². The van der Waals surface area contributed by atoms with Crippen LogP contribution in [0.1, 0.15) is 32.3 Å². The molecule has 0 aromatic heterocycles. The van der Waals surface area contributed by atoms with E-state index in [2.05, 4.69) is 10.6 Å². The van der Waals surface area contributed by atoms with Crippen molar-refractivity contribution in [2.75, 3.05) is 11.9 Å². The van der Waals surface area contributed by atoms with Gasteiger partial charge in [0.25, 0.3) is 0 Å². The number of rotatable bonds is 4. The molecule has 7 nitrogen and oxygen atoms in total. The molecular weight excluding hydrogens is 370 g/mol. The highest BCUT2D eigenvalue weighted by Crippen LogP contribution is 2.53. The van der Waals surface area contributed by atoms with Gasteiger partial charge in [-0.05, 0) is 31.5 Å². The van der Waals surface area contributed by atoms with Gasteiger partial charge in [0.1, 0.15) is 5.54 Å². The van der Waals surface area contributed by atoms with Crippen molar-refractivity contribution in [2.45, 2.75) is 44.4 Å². The standard InChI is InChI=1S/C19H22ClN3O4/c1-3-4-7-23-16(25)13-14(17(23)26)19(22-15(13)9(2)24)11-8-10(20)5-6-12(11)21-18(19)27/h5-6,8-9,13-15,22,24H,3-4,7H2,1-2H3,(H,21,27)/t9-,13+,14+,15-,19-/m1/s1. The van der Waals surface area contributed by atoms with Crippen LogP contribution in [0.3, 0.4) is 0 Å². The molecule has 2 saturated heterocycles. The van der Waals surface area contributed by atoms with E-state index in [0.29, 0.717) is 29.2 Å². The number of likely N-dealkylation sites (tertiary alicyclic amines) is 1. The molecule has 144 valence electrons. The van der Waals surface area contributed by atoms with Crippen LogP contribution >= 0.6 is 11.6 Å². The third kappa shape index (κ3) is 2.38. The maximum Gasteiger partial charge on any atom is 0.250 e. The molecule has 0 bridgehead atoms. The zero-order valence-corrected chi connectivity index (χ0v) is 15.9. The molecule has 3 aliphatic rings. The summed E-state index contributed by atoms with van der Waals surface area (Å²) in [6.45, 7) is 3.87. The number of nitrogens with zero attached hydrogens (tertiary/aromatic N) is 1. The lowest BCUT2D eigenvalue weighted by atomic mass is 9.76. The number of aliphatic hydroxyl groups is 1. The number of carbonyl (C=O) groups excluding carboxylic acids is 3. The minimum atomic E-state index is -1.40. The Labute approximate surface area is 162 Å². The number of hydrogen-bond donors (Lipinski definition) is 3. The average molecular weight is 392 g/mol. The van der Waals surface area contributed by atoms with Crippen molar-refractivity contribution in [3.8, 4) is 0 Å². The number of unbranched alkanes of at least 4 members (excludes halogenated alkanes) is 1. The maximum absolute atomic E-state index is 13.2. The van der Waals surface area contributed by atoms with Crippen LogP contribution in [0.2, 0.25) is 5.02 Å². The Balaban J connectivity index is 1.86. The highest BCUT2D eigenvalue weighted by molar-refractivity contribution is 6.31. The summed E-state index contributed by atoms with van der Waals surface area (Å²) in [6.07, 6.45) is 0.635. The summed E-state index contributed by atoms with van der Waals surface area (Å²) in [5.74, 6) is -2.77. The van der Waals surface area contributed by atoms with Gasteiger partial charge in [-0.25, -0.2) is 0 Å². The van der Waals surface area contributed by atoms with Crippen LogP contribution in [0.4, 0.5) is 5.69 Å². The second kappa shape index (κ2) is 6.29. The maximum atomic E-state index is 13.2. The van der Waals surface area contributed by atoms with E-state index in [-0.39, 0.29) is 11.8 Å². The van der Waals surface area contributed by atoms with Crippen LogP contribution < -0.4 is 10.6 Å². The van der Waals surface area contributed by atoms with Crippen molar-refractivity contribution in [2.24, 2.45) is 11.8 Å². The zero-order chi connectivity index (χ0) is 19.5. The van der Waals surface area contributed by atoms with Crippen LogP contribution in [0, 0.1) is 11.8 Å². The van der Waals surface area contributed by atoms with Gasteiger partial charge in [-0.3, -0.25) is 24.6 Å². The van der Waals surface area contributed by atoms with Gasteiger partial charge in [-0.1, -0.05) is 24.9 Å². The van der Waals surface area contributed by atoms with Gasteiger partial charge in [0.2, 0.25) is 17.7 Å². The van der Waals surface area contributed by atoms with Crippen molar-refractivity contribution >= 4 is 35.0 Å². The molecular formula is C19H22ClN3O4. The summed E-state index contributed by atoms with van der Waals surface area (Å²) in [6, 6.07) is 4.30. The average Bonchev–Trinajstić information content (AvgIpc) is 3.20. The Morgan fingerprint density at radius 1 is 1.30 bits per heavy atom. The molecule has 3 heterocycles. The largest absolute Gasteiger partial charge is 0.392 e. The summed E-state index contributed by atoms with van der Waals surface area (Å²) in [5.41, 5.74) is -0.286. The molecule has 3 N–H and O–H groups in total. The monoisotopic (exact) mass is 391 g/mol. The number of carbonyl (C=O) groups is 3. The smallest absolute Gasteiger partial charge is 0.250 e. The first-order valence-corrected chi connectivity index (χ1v) is 9.63. The quantitative estimate of drug-likeness (QED) is 0.671. The lowest BCUT2D eigenvalue weighted by Gasteiger charge is -2.30. The minimum absolute atomic E-state index is 0.322. The highest BCUT2D eigenvalue weighted by atomic mass is 35.5. The molecule has 1 aromatic rings. The molecule has 0 radical (unpaired) electrons. The summed E-state index contributed by atoms with van der Waals surface area (Å²) < 4.78 is 0. The van der Waals surface area contributed by atoms with Crippen molar-refractivity contribution < 1.29 is 19.5 Å². The molecule has 5 atom stereocenters. The summed E-state index contributed by atoms with van der Waals surface area (Å²) in [4.78, 5) is 40.6. The van der Waals surface area contributed by atoms with Gasteiger partial charge in [-0.15, -0.1) is 0 Å². The van der Waals surface area contributed by atoms with Crippen molar-refractivity contribution in [1.29, 1.82) is 0 Å². The molecule has 0 saturated carbocycles. The van der Waals surface area contributed by atoms with E-state index < -0.39 is 35.4 Å². The number of hydrogen-bond acceptors (Lipinski definition) is 5. The molecule has 8 heteroatoms. The molecule has 27 heavy (non-hydrogen) atoms. The number of aliphatic hydroxyl groups excluding tert-OH is 1. The van der Waals surface area contributed by atoms with Gasteiger partial charge in [-0.2, -0.15) is 0 Å². The second-order valence-corrected chi connectivity index (χ2v) is 7.98. The van der Waals surface area contributed by atoms with E-state index in [1.54, 1.807) is 25.1 Å². The number of imide groups is 1. The second-order valence-electron chi connectivity index (χ2n) is 7.55. The van der Waals surface area contributed by atoms with Crippen LogP contribution in [0.15, 0.2) is 18.2 Å². The topological polar surface area (TPSA) is 98.7 Å². The first-order valence-electron chi connectivity index (χ1n) is 9.25. The Bertz CT molecular complexity index is 842. The molecule has 3 aliphatic heterocycles. The Hall–Kier alpha value is -1.96. The first-order chi connectivity index (χ1) is 12.8. The van der Waals surface area contributed by atoms with Crippen LogP contribution in [0.25, 0.3) is 0 Å². The van der Waals surface area contributed by atoms with Gasteiger partial charge < -0.3 is 10.4 Å². The summed E-state index contributed by atoms with van der Waals surface area (Å²) in [7, 11) is 0. The fraction of sp³-hybridized carbons (Fsp3) is 0.526. The van der Waals surface area contributed by atoms with Crippen molar-refractivity contribution in [3.63, 3.8) is 0 Å². The van der Waals surface area contributed by atoms with Gasteiger partial charge in [0.15, 0.2) is 0 Å². The van der Waals surface area contributed by atoms with Crippen LogP contribution in [-0.2, 0) is 19.9 Å². The predicted octanol–water partition coefficient (Wildman–Crippen LogP) is 1.24. The third-order valence-electron chi connectivity index (χ3n) is 5.96. The fourth-order valence-electron chi connectivity index (χ4n) is 4.71. The van der Waals surface area contributed by atoms with E-state index in [1.165, 1.54) is 4.90 Å². The Morgan fingerprint density at radius 2 is 2.04 bits per heavy atom.